The van der Waals surface area contributed by atoms with Crippen molar-refractivity contribution in [1.29, 1.82) is 5.26 Å². The lowest BCUT2D eigenvalue weighted by atomic mass is 10.3. The van der Waals surface area contributed by atoms with Crippen LogP contribution in [-0.2, 0) is 10.0 Å². The standard InChI is InChI=1S/C6H10F2N2O2S/c1-5(3-4-9)10(2)13(11,12)6(7)8/h5-6H,3H2,1-2H3. The summed E-state index contributed by atoms with van der Waals surface area (Å²) in [5.41, 5.74) is 0. The topological polar surface area (TPSA) is 61.2 Å². The van der Waals surface area contributed by atoms with Gasteiger partial charge in [0.05, 0.1) is 12.5 Å². The predicted molar refractivity (Wildman–Crippen MR) is 42.4 cm³/mol. The summed E-state index contributed by atoms with van der Waals surface area (Å²) in [6.45, 7) is 1.39. The first-order valence-corrected chi connectivity index (χ1v) is 4.96. The van der Waals surface area contributed by atoms with Gasteiger partial charge < -0.3 is 0 Å². The molecule has 0 aliphatic rings. The van der Waals surface area contributed by atoms with Gasteiger partial charge in [0.2, 0.25) is 0 Å². The molecule has 0 aromatic heterocycles. The molecule has 0 saturated heterocycles. The third kappa shape index (κ3) is 2.90. The molecule has 0 heterocycles. The van der Waals surface area contributed by atoms with Crippen molar-refractivity contribution in [1.82, 2.24) is 4.31 Å². The monoisotopic (exact) mass is 212 g/mol. The van der Waals surface area contributed by atoms with Crippen LogP contribution in [0.2, 0.25) is 0 Å². The molecule has 0 aliphatic carbocycles. The van der Waals surface area contributed by atoms with Crippen LogP contribution in [0.4, 0.5) is 8.78 Å². The smallest absolute Gasteiger partial charge is 0.206 e. The van der Waals surface area contributed by atoms with Crippen molar-refractivity contribution in [3.05, 3.63) is 0 Å². The molecule has 1 unspecified atom stereocenters. The largest absolute Gasteiger partial charge is 0.350 e. The molecule has 0 amide bonds. The van der Waals surface area contributed by atoms with Crippen LogP contribution in [0.3, 0.4) is 0 Å². The molecule has 1 atom stereocenters. The summed E-state index contributed by atoms with van der Waals surface area (Å²) in [7, 11) is -3.52. The normalized spacial score (nSPS) is 14.5. The SMILES string of the molecule is CC(CC#N)N(C)S(=O)(=O)C(F)F. The molecule has 76 valence electrons. The van der Waals surface area contributed by atoms with Crippen molar-refractivity contribution in [3.63, 3.8) is 0 Å². The van der Waals surface area contributed by atoms with Gasteiger partial charge in [-0.2, -0.15) is 18.3 Å². The van der Waals surface area contributed by atoms with E-state index >= 15 is 0 Å². The first-order chi connectivity index (χ1) is 5.84. The summed E-state index contributed by atoms with van der Waals surface area (Å²) in [4.78, 5) is 0. The summed E-state index contributed by atoms with van der Waals surface area (Å²) >= 11 is 0. The molecule has 0 saturated carbocycles. The van der Waals surface area contributed by atoms with Crippen molar-refractivity contribution in [2.24, 2.45) is 0 Å². The van der Waals surface area contributed by atoms with E-state index in [2.05, 4.69) is 0 Å². The molecular formula is C6H10F2N2O2S. The summed E-state index contributed by atoms with van der Waals surface area (Å²) in [6, 6.07) is 0.976. The minimum Gasteiger partial charge on any atom is -0.206 e. The molecule has 0 aliphatic heterocycles. The highest BCUT2D eigenvalue weighted by atomic mass is 32.2. The molecule has 0 fully saturated rings. The van der Waals surface area contributed by atoms with Crippen molar-refractivity contribution < 1.29 is 17.2 Å². The molecule has 13 heavy (non-hydrogen) atoms. The second-order valence-corrected chi connectivity index (χ2v) is 4.50. The molecule has 0 rings (SSSR count). The van der Waals surface area contributed by atoms with E-state index in [1.165, 1.54) is 6.92 Å². The maximum Gasteiger partial charge on any atom is 0.350 e. The van der Waals surface area contributed by atoms with Gasteiger partial charge in [-0.15, -0.1) is 0 Å². The van der Waals surface area contributed by atoms with Crippen LogP contribution in [0.25, 0.3) is 0 Å². The number of hydrogen-bond donors (Lipinski definition) is 0. The lowest BCUT2D eigenvalue weighted by molar-refractivity contribution is 0.217. The Kier molecular flexibility index (Phi) is 4.23. The van der Waals surface area contributed by atoms with Gasteiger partial charge in [0.1, 0.15) is 0 Å². The van der Waals surface area contributed by atoms with Crippen molar-refractivity contribution in [2.45, 2.75) is 25.1 Å². The fourth-order valence-corrected chi connectivity index (χ4v) is 1.46. The van der Waals surface area contributed by atoms with Crippen molar-refractivity contribution in [3.8, 4) is 6.07 Å². The lowest BCUT2D eigenvalue weighted by Gasteiger charge is -2.21. The Labute approximate surface area is 75.8 Å². The van der Waals surface area contributed by atoms with E-state index in [4.69, 9.17) is 5.26 Å². The van der Waals surface area contributed by atoms with E-state index in [9.17, 15) is 17.2 Å². The molecule has 0 spiro atoms. The van der Waals surface area contributed by atoms with E-state index in [0.717, 1.165) is 7.05 Å². The number of hydrogen-bond acceptors (Lipinski definition) is 3. The van der Waals surface area contributed by atoms with E-state index in [-0.39, 0.29) is 6.42 Å². The molecule has 0 bridgehead atoms. The molecule has 7 heteroatoms. The van der Waals surface area contributed by atoms with Gasteiger partial charge in [0.25, 0.3) is 10.0 Å². The van der Waals surface area contributed by atoms with Gasteiger partial charge in [-0.3, -0.25) is 0 Å². The van der Waals surface area contributed by atoms with Crippen LogP contribution in [0.5, 0.6) is 0 Å². The van der Waals surface area contributed by atoms with Crippen molar-refractivity contribution >= 4 is 10.0 Å². The van der Waals surface area contributed by atoms with Gasteiger partial charge in [-0.1, -0.05) is 0 Å². The average molecular weight is 212 g/mol. The van der Waals surface area contributed by atoms with E-state index < -0.39 is 21.8 Å². The first kappa shape index (κ1) is 12.3. The second-order valence-electron chi connectivity index (χ2n) is 2.53. The van der Waals surface area contributed by atoms with Crippen LogP contribution in [0.1, 0.15) is 13.3 Å². The minimum absolute atomic E-state index is 0.109. The van der Waals surface area contributed by atoms with Crippen LogP contribution in [-0.4, -0.2) is 31.6 Å². The highest BCUT2D eigenvalue weighted by Crippen LogP contribution is 2.14. The Morgan fingerprint density at radius 1 is 1.54 bits per heavy atom. The first-order valence-electron chi connectivity index (χ1n) is 3.46. The minimum atomic E-state index is -4.55. The zero-order valence-corrected chi connectivity index (χ0v) is 8.05. The Morgan fingerprint density at radius 3 is 2.31 bits per heavy atom. The third-order valence-electron chi connectivity index (χ3n) is 1.63. The molecule has 0 aromatic rings. The summed E-state index contributed by atoms with van der Waals surface area (Å²) in [5.74, 6) is -3.43. The fourth-order valence-electron chi connectivity index (χ4n) is 0.637. The molecule has 0 radical (unpaired) electrons. The van der Waals surface area contributed by atoms with Crippen LogP contribution < -0.4 is 0 Å². The van der Waals surface area contributed by atoms with Gasteiger partial charge in [0, 0.05) is 13.1 Å². The van der Waals surface area contributed by atoms with Gasteiger partial charge in [-0.05, 0) is 6.92 Å². The van der Waals surface area contributed by atoms with Crippen LogP contribution in [0, 0.1) is 11.3 Å². The van der Waals surface area contributed by atoms with Gasteiger partial charge >= 0.3 is 5.76 Å². The number of nitriles is 1. The predicted octanol–water partition coefficient (Wildman–Crippen LogP) is 0.773. The maximum absolute atomic E-state index is 12.0. The molecular weight excluding hydrogens is 202 g/mol. The quantitative estimate of drug-likeness (QED) is 0.691. The molecule has 4 nitrogen and oxygen atoms in total. The van der Waals surface area contributed by atoms with Crippen molar-refractivity contribution in [2.75, 3.05) is 7.05 Å². The molecule has 0 N–H and O–H groups in total. The van der Waals surface area contributed by atoms with E-state index in [1.807, 2.05) is 0 Å². The molecule has 0 aromatic carbocycles. The van der Waals surface area contributed by atoms with E-state index in [0.29, 0.717) is 4.31 Å². The van der Waals surface area contributed by atoms with Crippen LogP contribution >= 0.6 is 0 Å². The number of nitrogens with zero attached hydrogens (tertiary/aromatic N) is 2. The highest BCUT2D eigenvalue weighted by molar-refractivity contribution is 7.89. The maximum atomic E-state index is 12.0. The Morgan fingerprint density at radius 2 is 2.00 bits per heavy atom. The summed E-state index contributed by atoms with van der Waals surface area (Å²) < 4.78 is 46.0. The highest BCUT2D eigenvalue weighted by Gasteiger charge is 2.31. The zero-order chi connectivity index (χ0) is 10.6. The second kappa shape index (κ2) is 4.48. The summed E-state index contributed by atoms with van der Waals surface area (Å²) in [5, 5.41) is 8.23. The number of sulfonamides is 1. The Bertz CT molecular complexity index is 296. The van der Waals surface area contributed by atoms with E-state index in [1.54, 1.807) is 6.07 Å². The fraction of sp³-hybridized carbons (Fsp3) is 0.833. The Hall–Kier alpha value is -0.740. The lowest BCUT2D eigenvalue weighted by Crippen LogP contribution is -2.38. The summed E-state index contributed by atoms with van der Waals surface area (Å²) in [6.07, 6.45) is -0.109. The van der Waals surface area contributed by atoms with Gasteiger partial charge in [-0.25, -0.2) is 8.42 Å². The third-order valence-corrected chi connectivity index (χ3v) is 3.25. The number of rotatable bonds is 4. The Balaban J connectivity index is 4.62. The number of halogens is 2. The average Bonchev–Trinajstić information content (AvgIpc) is 2.03. The van der Waals surface area contributed by atoms with Crippen LogP contribution in [0.15, 0.2) is 0 Å². The zero-order valence-electron chi connectivity index (χ0n) is 7.24. The van der Waals surface area contributed by atoms with Gasteiger partial charge in [0.15, 0.2) is 0 Å². The number of alkyl halides is 2.